The van der Waals surface area contributed by atoms with Crippen LogP contribution in [0.3, 0.4) is 0 Å². The van der Waals surface area contributed by atoms with E-state index in [9.17, 15) is 9.59 Å². The quantitative estimate of drug-likeness (QED) is 0.783. The van der Waals surface area contributed by atoms with Gasteiger partial charge in [-0.2, -0.15) is 0 Å². The Bertz CT molecular complexity index is 536. The monoisotopic (exact) mass is 290 g/mol. The lowest BCUT2D eigenvalue weighted by Crippen LogP contribution is -2.16. The van der Waals surface area contributed by atoms with Gasteiger partial charge in [0.2, 0.25) is 5.91 Å². The molecule has 0 bridgehead atoms. The van der Waals surface area contributed by atoms with Crippen molar-refractivity contribution in [2.75, 3.05) is 11.9 Å². The van der Waals surface area contributed by atoms with E-state index in [2.05, 4.69) is 10.3 Å². The Morgan fingerprint density at radius 2 is 2.33 bits per heavy atom. The highest BCUT2D eigenvalue weighted by Crippen LogP contribution is 2.17. The van der Waals surface area contributed by atoms with Crippen LogP contribution < -0.4 is 5.32 Å². The van der Waals surface area contributed by atoms with Gasteiger partial charge >= 0.3 is 5.97 Å². The highest BCUT2D eigenvalue weighted by atomic mass is 16.5. The number of carboxylic acid groups (broad SMARTS) is 1. The number of nitrogens with one attached hydrogen (secondary N) is 1. The average Bonchev–Trinajstić information content (AvgIpc) is 2.97. The number of aliphatic carboxylic acids is 1. The fraction of sp³-hybridized carbons (Fsp3) is 0.400. The molecule has 1 aromatic rings. The minimum atomic E-state index is -1.04. The first kappa shape index (κ1) is 15.2. The fourth-order valence-electron chi connectivity index (χ4n) is 2.14. The number of carbonyl (C=O) groups is 2. The molecule has 1 atom stereocenters. The summed E-state index contributed by atoms with van der Waals surface area (Å²) in [5.41, 5.74) is 0.481. The second-order valence-corrected chi connectivity index (χ2v) is 4.84. The van der Waals surface area contributed by atoms with Crippen LogP contribution in [0.2, 0.25) is 0 Å². The molecule has 2 heterocycles. The van der Waals surface area contributed by atoms with E-state index in [-0.39, 0.29) is 12.0 Å². The van der Waals surface area contributed by atoms with Crippen LogP contribution in [0.5, 0.6) is 0 Å². The molecule has 1 aliphatic heterocycles. The van der Waals surface area contributed by atoms with Crippen LogP contribution in [0.25, 0.3) is 6.08 Å². The third-order valence-electron chi connectivity index (χ3n) is 3.15. The van der Waals surface area contributed by atoms with Gasteiger partial charge in [0, 0.05) is 19.1 Å². The van der Waals surface area contributed by atoms with E-state index >= 15 is 0 Å². The first-order valence-corrected chi connectivity index (χ1v) is 6.93. The zero-order valence-corrected chi connectivity index (χ0v) is 11.6. The molecule has 1 aliphatic rings. The summed E-state index contributed by atoms with van der Waals surface area (Å²) in [6.45, 7) is 0.784. The highest BCUT2D eigenvalue weighted by molar-refractivity contribution is 5.90. The Balaban J connectivity index is 1.85. The molecule has 1 saturated heterocycles. The smallest absolute Gasteiger partial charge is 0.328 e. The maximum atomic E-state index is 11.8. The summed E-state index contributed by atoms with van der Waals surface area (Å²) in [4.78, 5) is 26.4. The van der Waals surface area contributed by atoms with Crippen molar-refractivity contribution < 1.29 is 19.4 Å². The molecule has 0 aromatic carbocycles. The van der Waals surface area contributed by atoms with Gasteiger partial charge in [0.25, 0.3) is 0 Å². The van der Waals surface area contributed by atoms with Crippen LogP contribution in [0.1, 0.15) is 31.4 Å². The number of anilines is 1. The van der Waals surface area contributed by atoms with Gasteiger partial charge in [-0.25, -0.2) is 9.78 Å². The summed E-state index contributed by atoms with van der Waals surface area (Å²) in [7, 11) is 0. The van der Waals surface area contributed by atoms with E-state index in [1.165, 1.54) is 6.08 Å². The summed E-state index contributed by atoms with van der Waals surface area (Å²) in [5, 5.41) is 11.3. The minimum absolute atomic E-state index is 0.114. The van der Waals surface area contributed by atoms with E-state index in [4.69, 9.17) is 9.84 Å². The summed E-state index contributed by atoms with van der Waals surface area (Å²) in [5.74, 6) is -0.736. The van der Waals surface area contributed by atoms with Gasteiger partial charge < -0.3 is 15.2 Å². The third-order valence-corrected chi connectivity index (χ3v) is 3.15. The zero-order valence-electron chi connectivity index (χ0n) is 11.6. The lowest BCUT2D eigenvalue weighted by molar-refractivity contribution is -0.131. The van der Waals surface area contributed by atoms with Crippen molar-refractivity contribution in [3.05, 3.63) is 30.0 Å². The van der Waals surface area contributed by atoms with Gasteiger partial charge in [0.1, 0.15) is 5.82 Å². The van der Waals surface area contributed by atoms with Crippen LogP contribution in [0.4, 0.5) is 5.82 Å². The van der Waals surface area contributed by atoms with Crippen molar-refractivity contribution >= 4 is 23.8 Å². The molecule has 0 saturated carbocycles. The molecule has 2 N–H and O–H groups in total. The number of rotatable bonds is 6. The van der Waals surface area contributed by atoms with Crippen molar-refractivity contribution in [3.8, 4) is 0 Å². The Morgan fingerprint density at radius 1 is 1.48 bits per heavy atom. The number of hydrogen-bond acceptors (Lipinski definition) is 4. The van der Waals surface area contributed by atoms with Gasteiger partial charge in [-0.1, -0.05) is 6.07 Å². The first-order valence-electron chi connectivity index (χ1n) is 6.93. The molecule has 0 radical (unpaired) electrons. The SMILES string of the molecule is O=C(O)C=Cc1cccc(NC(=O)CCC2CCCO2)n1. The lowest BCUT2D eigenvalue weighted by Gasteiger charge is -2.09. The first-order chi connectivity index (χ1) is 10.1. The molecule has 2 rings (SSSR count). The maximum absolute atomic E-state index is 11.8. The number of pyridine rings is 1. The Hall–Kier alpha value is -2.21. The van der Waals surface area contributed by atoms with E-state index in [1.54, 1.807) is 18.2 Å². The van der Waals surface area contributed by atoms with E-state index in [1.807, 2.05) is 0 Å². The van der Waals surface area contributed by atoms with Crippen molar-refractivity contribution in [1.82, 2.24) is 4.98 Å². The van der Waals surface area contributed by atoms with Gasteiger partial charge in [-0.05, 0) is 37.5 Å². The molecule has 21 heavy (non-hydrogen) atoms. The maximum Gasteiger partial charge on any atom is 0.328 e. The van der Waals surface area contributed by atoms with Crippen LogP contribution in [0.15, 0.2) is 24.3 Å². The number of aromatic nitrogens is 1. The summed E-state index contributed by atoms with van der Waals surface area (Å²) in [6.07, 6.45) is 5.75. The number of amides is 1. The predicted octanol–water partition coefficient (Wildman–Crippen LogP) is 2.08. The Kier molecular flexibility index (Phi) is 5.45. The van der Waals surface area contributed by atoms with Gasteiger partial charge in [0.15, 0.2) is 0 Å². The second-order valence-electron chi connectivity index (χ2n) is 4.84. The summed E-state index contributed by atoms with van der Waals surface area (Å²) >= 11 is 0. The van der Waals surface area contributed by atoms with E-state index < -0.39 is 5.97 Å². The second kappa shape index (κ2) is 7.54. The van der Waals surface area contributed by atoms with Crippen LogP contribution in [0, 0.1) is 0 Å². The van der Waals surface area contributed by atoms with Gasteiger partial charge in [0.05, 0.1) is 11.8 Å². The number of hydrogen-bond donors (Lipinski definition) is 2. The molecule has 1 fully saturated rings. The lowest BCUT2D eigenvalue weighted by atomic mass is 10.1. The van der Waals surface area contributed by atoms with Crippen molar-refractivity contribution in [2.45, 2.75) is 31.8 Å². The van der Waals surface area contributed by atoms with Crippen molar-refractivity contribution in [2.24, 2.45) is 0 Å². The molecule has 6 heteroatoms. The van der Waals surface area contributed by atoms with E-state index in [0.29, 0.717) is 24.4 Å². The summed E-state index contributed by atoms with van der Waals surface area (Å²) in [6, 6.07) is 5.05. The van der Waals surface area contributed by atoms with Crippen LogP contribution in [-0.2, 0) is 14.3 Å². The summed E-state index contributed by atoms with van der Waals surface area (Å²) < 4.78 is 5.47. The zero-order chi connectivity index (χ0) is 15.1. The largest absolute Gasteiger partial charge is 0.478 e. The van der Waals surface area contributed by atoms with Crippen LogP contribution in [-0.4, -0.2) is 34.7 Å². The minimum Gasteiger partial charge on any atom is -0.478 e. The van der Waals surface area contributed by atoms with Crippen molar-refractivity contribution in [3.63, 3.8) is 0 Å². The fourth-order valence-corrected chi connectivity index (χ4v) is 2.14. The Labute approximate surface area is 122 Å². The standard InChI is InChI=1S/C15H18N2O4/c18-14(8-7-12-4-2-10-21-12)17-13-5-1-3-11(16-13)6-9-15(19)20/h1,3,5-6,9,12H,2,4,7-8,10H2,(H,19,20)(H,16,17,18). The molecule has 6 nitrogen and oxygen atoms in total. The normalized spacial score (nSPS) is 18.0. The van der Waals surface area contributed by atoms with Crippen LogP contribution >= 0.6 is 0 Å². The number of ether oxygens (including phenoxy) is 1. The van der Waals surface area contributed by atoms with Gasteiger partial charge in [-0.15, -0.1) is 0 Å². The Morgan fingerprint density at radius 3 is 3.05 bits per heavy atom. The number of nitrogens with zero attached hydrogens (tertiary/aromatic N) is 1. The molecular weight excluding hydrogens is 272 g/mol. The molecule has 112 valence electrons. The van der Waals surface area contributed by atoms with E-state index in [0.717, 1.165) is 25.5 Å². The molecule has 1 amide bonds. The molecule has 1 aromatic heterocycles. The molecular formula is C15H18N2O4. The molecule has 0 spiro atoms. The van der Waals surface area contributed by atoms with Gasteiger partial charge in [-0.3, -0.25) is 4.79 Å². The highest BCUT2D eigenvalue weighted by Gasteiger charge is 2.16. The van der Waals surface area contributed by atoms with Crippen molar-refractivity contribution in [1.29, 1.82) is 0 Å². The predicted molar refractivity (Wildman–Crippen MR) is 77.7 cm³/mol. The number of carbonyl (C=O) groups excluding carboxylic acids is 1. The third kappa shape index (κ3) is 5.35. The molecule has 0 aliphatic carbocycles. The average molecular weight is 290 g/mol. The topological polar surface area (TPSA) is 88.5 Å². The number of carboxylic acids is 1. The molecule has 1 unspecified atom stereocenters.